The first-order valence-corrected chi connectivity index (χ1v) is 23.7. The van der Waals surface area contributed by atoms with Crippen molar-refractivity contribution in [2.24, 2.45) is 0 Å². The van der Waals surface area contributed by atoms with E-state index in [9.17, 15) is 0 Å². The lowest BCUT2D eigenvalue weighted by Gasteiger charge is -2.34. The zero-order chi connectivity index (χ0) is 45.5. The van der Waals surface area contributed by atoms with Gasteiger partial charge in [0.05, 0.1) is 27.7 Å². The van der Waals surface area contributed by atoms with Gasteiger partial charge in [0.25, 0.3) is 0 Å². The van der Waals surface area contributed by atoms with Crippen LogP contribution < -0.4 is 4.90 Å². The number of aromatic nitrogens is 3. The Morgan fingerprint density at radius 1 is 0.377 bits per heavy atom. The summed E-state index contributed by atoms with van der Waals surface area (Å²) in [6, 6.07) is 92.4. The van der Waals surface area contributed by atoms with Gasteiger partial charge in [-0.05, 0) is 110 Å². The lowest BCUT2D eigenvalue weighted by Crippen LogP contribution is -2.28. The van der Waals surface area contributed by atoms with Gasteiger partial charge >= 0.3 is 0 Å². The molecule has 13 aromatic rings. The lowest BCUT2D eigenvalue weighted by atomic mass is 9.67. The Bertz CT molecular complexity index is 4140. The molecule has 4 nitrogen and oxygen atoms in total. The highest BCUT2D eigenvalue weighted by Crippen LogP contribution is 2.58. The molecule has 0 aliphatic heterocycles. The van der Waals surface area contributed by atoms with Crippen LogP contribution in [0.5, 0.6) is 0 Å². The first-order chi connectivity index (χ1) is 34.2. The van der Waals surface area contributed by atoms with Crippen LogP contribution in [-0.4, -0.2) is 14.5 Å². The summed E-state index contributed by atoms with van der Waals surface area (Å²) in [5.74, 6) is 0.596. The molecule has 2 aromatic heterocycles. The molecule has 1 aliphatic carbocycles. The molecular formula is C65H42N4. The Morgan fingerprint density at radius 3 is 1.84 bits per heavy atom. The number of anilines is 3. The van der Waals surface area contributed by atoms with E-state index in [0.29, 0.717) is 5.95 Å². The van der Waals surface area contributed by atoms with Crippen molar-refractivity contribution in [3.63, 3.8) is 0 Å². The number of hydrogen-bond donors (Lipinski definition) is 0. The van der Waals surface area contributed by atoms with Gasteiger partial charge in [0.15, 0.2) is 0 Å². The SMILES string of the molecule is c1ccc(-c2nc(N(c3ccc(C4(c5ccccc5)c5ccccc5-c5c4ccc4ccccc54)cc3)c3ccc4c(c3)c3ccccc3n4-c3ccc4ccccc4c3)nc3ccccc23)cc1. The maximum absolute atomic E-state index is 5.51. The van der Waals surface area contributed by atoms with E-state index >= 15 is 0 Å². The minimum absolute atomic E-state index is 0.565. The minimum atomic E-state index is -0.565. The molecule has 0 N–H and O–H groups in total. The van der Waals surface area contributed by atoms with Crippen molar-refractivity contribution in [1.82, 2.24) is 14.5 Å². The number of rotatable bonds is 7. The van der Waals surface area contributed by atoms with Gasteiger partial charge in [-0.2, -0.15) is 0 Å². The summed E-state index contributed by atoms with van der Waals surface area (Å²) in [5.41, 5.74) is 15.1. The second-order valence-corrected chi connectivity index (χ2v) is 18.1. The maximum atomic E-state index is 5.51. The molecule has 0 fully saturated rings. The summed E-state index contributed by atoms with van der Waals surface area (Å²) < 4.78 is 2.39. The molecule has 1 aliphatic rings. The highest BCUT2D eigenvalue weighted by Gasteiger charge is 2.46. The van der Waals surface area contributed by atoms with Gasteiger partial charge in [0.1, 0.15) is 0 Å². The van der Waals surface area contributed by atoms with E-state index in [1.165, 1.54) is 60.3 Å². The third kappa shape index (κ3) is 5.95. The van der Waals surface area contributed by atoms with E-state index in [4.69, 9.17) is 9.97 Å². The Labute approximate surface area is 399 Å². The first-order valence-electron chi connectivity index (χ1n) is 23.7. The van der Waals surface area contributed by atoms with Crippen molar-refractivity contribution < 1.29 is 0 Å². The van der Waals surface area contributed by atoms with Crippen LogP contribution in [0, 0.1) is 0 Å². The van der Waals surface area contributed by atoms with Crippen molar-refractivity contribution in [2.45, 2.75) is 5.41 Å². The molecule has 14 rings (SSSR count). The van der Waals surface area contributed by atoms with Crippen LogP contribution in [0.15, 0.2) is 255 Å². The van der Waals surface area contributed by atoms with Gasteiger partial charge in [-0.15, -0.1) is 0 Å². The smallest absolute Gasteiger partial charge is 0.235 e. The van der Waals surface area contributed by atoms with Gasteiger partial charge in [-0.1, -0.05) is 200 Å². The highest BCUT2D eigenvalue weighted by atomic mass is 15.3. The molecule has 4 heteroatoms. The summed E-state index contributed by atoms with van der Waals surface area (Å²) in [7, 11) is 0. The molecule has 0 saturated heterocycles. The Morgan fingerprint density at radius 2 is 1.00 bits per heavy atom. The second-order valence-electron chi connectivity index (χ2n) is 18.1. The molecule has 0 radical (unpaired) electrons. The van der Waals surface area contributed by atoms with E-state index in [2.05, 4.69) is 264 Å². The van der Waals surface area contributed by atoms with E-state index < -0.39 is 5.41 Å². The van der Waals surface area contributed by atoms with Gasteiger partial charge < -0.3 is 4.57 Å². The fraction of sp³-hybridized carbons (Fsp3) is 0.0154. The molecule has 0 bridgehead atoms. The third-order valence-corrected chi connectivity index (χ3v) is 14.4. The standard InChI is InChI=1S/C65H42N4/c1-3-19-45(20-4-1)63-55-27-12-15-29-59(55)66-64(67-63)68(51-38-40-61-56(42-51)53-25-13-16-30-60(53)69(61)50-35-31-43-17-7-8-21-46(43)41-50)49-36-33-48(34-37-49)65(47-22-5-2-6-23-47)57-28-14-11-26-54(57)62-52-24-10-9-18-44(52)32-39-58(62)65/h1-42H. The van der Waals surface area contributed by atoms with Crippen LogP contribution in [0.4, 0.5) is 17.3 Å². The van der Waals surface area contributed by atoms with Crippen molar-refractivity contribution in [1.29, 1.82) is 0 Å². The van der Waals surface area contributed by atoms with Crippen LogP contribution in [0.1, 0.15) is 22.3 Å². The van der Waals surface area contributed by atoms with E-state index in [0.717, 1.165) is 55.6 Å². The predicted octanol–water partition coefficient (Wildman–Crippen LogP) is 16.5. The van der Waals surface area contributed by atoms with Gasteiger partial charge in [-0.25, -0.2) is 9.97 Å². The van der Waals surface area contributed by atoms with Crippen molar-refractivity contribution in [3.05, 3.63) is 277 Å². The first kappa shape index (κ1) is 39.1. The molecule has 1 atom stereocenters. The molecule has 0 spiro atoms. The fourth-order valence-electron chi connectivity index (χ4n) is 11.4. The van der Waals surface area contributed by atoms with Crippen molar-refractivity contribution >= 4 is 71.6 Å². The molecule has 0 saturated carbocycles. The maximum Gasteiger partial charge on any atom is 0.235 e. The summed E-state index contributed by atoms with van der Waals surface area (Å²) >= 11 is 0. The van der Waals surface area contributed by atoms with Crippen molar-refractivity contribution in [2.75, 3.05) is 4.90 Å². The average molecular weight is 879 g/mol. The topological polar surface area (TPSA) is 34.0 Å². The third-order valence-electron chi connectivity index (χ3n) is 14.4. The summed E-state index contributed by atoms with van der Waals surface area (Å²) in [4.78, 5) is 13.1. The molecule has 11 aromatic carbocycles. The quantitative estimate of drug-likeness (QED) is 0.160. The molecule has 1 unspecified atom stereocenters. The summed E-state index contributed by atoms with van der Waals surface area (Å²) in [5, 5.41) is 8.27. The van der Waals surface area contributed by atoms with Crippen LogP contribution in [-0.2, 0) is 5.41 Å². The molecular weight excluding hydrogens is 837 g/mol. The zero-order valence-corrected chi connectivity index (χ0v) is 37.5. The zero-order valence-electron chi connectivity index (χ0n) is 37.5. The van der Waals surface area contributed by atoms with Gasteiger partial charge in [-0.3, -0.25) is 4.90 Å². The largest absolute Gasteiger partial charge is 0.309 e. The number of benzene rings is 11. The molecule has 0 amide bonds. The lowest BCUT2D eigenvalue weighted by molar-refractivity contribution is 0.769. The van der Waals surface area contributed by atoms with Crippen LogP contribution in [0.2, 0.25) is 0 Å². The van der Waals surface area contributed by atoms with Crippen LogP contribution in [0.25, 0.3) is 82.3 Å². The Kier molecular flexibility index (Phi) is 8.77. The summed E-state index contributed by atoms with van der Waals surface area (Å²) in [6.07, 6.45) is 0. The van der Waals surface area contributed by atoms with Gasteiger partial charge in [0, 0.05) is 38.8 Å². The predicted molar refractivity (Wildman–Crippen MR) is 286 cm³/mol. The Hall–Kier alpha value is -9.12. The highest BCUT2D eigenvalue weighted by molar-refractivity contribution is 6.11. The fourth-order valence-corrected chi connectivity index (χ4v) is 11.4. The Balaban J connectivity index is 1.01. The van der Waals surface area contributed by atoms with Crippen LogP contribution in [0.3, 0.4) is 0 Å². The number of nitrogens with zero attached hydrogens (tertiary/aromatic N) is 4. The minimum Gasteiger partial charge on any atom is -0.309 e. The van der Waals surface area contributed by atoms with Gasteiger partial charge in [0.2, 0.25) is 5.95 Å². The molecule has 322 valence electrons. The molecule has 69 heavy (non-hydrogen) atoms. The van der Waals surface area contributed by atoms with E-state index in [-0.39, 0.29) is 0 Å². The number of para-hydroxylation sites is 2. The molecule has 2 heterocycles. The van der Waals surface area contributed by atoms with Crippen molar-refractivity contribution in [3.8, 4) is 28.1 Å². The summed E-state index contributed by atoms with van der Waals surface area (Å²) in [6.45, 7) is 0. The average Bonchev–Trinajstić information content (AvgIpc) is 3.92. The van der Waals surface area contributed by atoms with E-state index in [1.54, 1.807) is 0 Å². The van der Waals surface area contributed by atoms with Crippen LogP contribution >= 0.6 is 0 Å². The monoisotopic (exact) mass is 878 g/mol. The normalized spacial score (nSPS) is 14.1. The number of fused-ring (bicyclic) bond motifs is 10. The number of hydrogen-bond acceptors (Lipinski definition) is 3. The van der Waals surface area contributed by atoms with E-state index in [1.807, 2.05) is 0 Å². The second kappa shape index (κ2) is 15.5.